The van der Waals surface area contributed by atoms with Crippen LogP contribution in [0, 0.1) is 0 Å². The van der Waals surface area contributed by atoms with Gasteiger partial charge in [-0.15, -0.1) is 0 Å². The lowest BCUT2D eigenvalue weighted by Gasteiger charge is -2.30. The Bertz CT molecular complexity index is 1060. The van der Waals surface area contributed by atoms with Gasteiger partial charge < -0.3 is 19.9 Å². The number of ether oxygens (including phenoxy) is 1. The maximum Gasteiger partial charge on any atom is 0.318 e. The molecule has 1 aliphatic rings. The standard InChI is InChI=1S/C22H22N4O3/c1-29-19-8-3-2-6-16(19)20(18-7-4-5-11-23-18)25-22(28)26-13-10-15-9-12-24-21(27)17(15)14-26/h2-9,11-12,20H,10,13-14H2,1H3,(H,24,27)(H,25,28). The van der Waals surface area contributed by atoms with E-state index >= 15 is 0 Å². The highest BCUT2D eigenvalue weighted by Gasteiger charge is 2.27. The molecule has 0 aliphatic carbocycles. The topological polar surface area (TPSA) is 87.3 Å². The van der Waals surface area contributed by atoms with Crippen LogP contribution >= 0.6 is 0 Å². The molecule has 1 unspecified atom stereocenters. The predicted octanol–water partition coefficient (Wildman–Crippen LogP) is 2.64. The van der Waals surface area contributed by atoms with Gasteiger partial charge in [0.25, 0.3) is 5.56 Å². The maximum absolute atomic E-state index is 13.1. The summed E-state index contributed by atoms with van der Waals surface area (Å²) in [6.45, 7) is 0.821. The fraction of sp³-hybridized carbons (Fsp3) is 0.227. The Labute approximate surface area is 168 Å². The van der Waals surface area contributed by atoms with E-state index in [-0.39, 0.29) is 18.1 Å². The number of hydrogen-bond donors (Lipinski definition) is 2. The lowest BCUT2D eigenvalue weighted by Crippen LogP contribution is -2.45. The van der Waals surface area contributed by atoms with Crippen molar-refractivity contribution in [3.63, 3.8) is 0 Å². The molecule has 29 heavy (non-hydrogen) atoms. The summed E-state index contributed by atoms with van der Waals surface area (Å²) in [5, 5.41) is 3.08. The van der Waals surface area contributed by atoms with Crippen molar-refractivity contribution >= 4 is 6.03 Å². The molecule has 0 radical (unpaired) electrons. The third kappa shape index (κ3) is 3.85. The largest absolute Gasteiger partial charge is 0.496 e. The second kappa shape index (κ2) is 8.18. The van der Waals surface area contributed by atoms with Crippen molar-refractivity contribution in [1.82, 2.24) is 20.2 Å². The Balaban J connectivity index is 1.62. The number of aromatic nitrogens is 2. The van der Waals surface area contributed by atoms with Gasteiger partial charge in [0.15, 0.2) is 0 Å². The van der Waals surface area contributed by atoms with Crippen molar-refractivity contribution in [3.05, 3.63) is 93.7 Å². The fourth-order valence-electron chi connectivity index (χ4n) is 3.64. The van der Waals surface area contributed by atoms with Crippen molar-refractivity contribution in [1.29, 1.82) is 0 Å². The SMILES string of the molecule is COc1ccccc1C(NC(=O)N1CCc2cc[nH]c(=O)c2C1)c1ccccn1. The number of methoxy groups -OCH3 is 1. The molecule has 0 fully saturated rings. The summed E-state index contributed by atoms with van der Waals surface area (Å²) in [5.41, 5.74) is 3.01. The van der Waals surface area contributed by atoms with Crippen LogP contribution in [0.15, 0.2) is 65.7 Å². The van der Waals surface area contributed by atoms with E-state index in [9.17, 15) is 9.59 Å². The molecule has 0 saturated heterocycles. The first-order valence-corrected chi connectivity index (χ1v) is 9.46. The molecule has 148 valence electrons. The van der Waals surface area contributed by atoms with Crippen LogP contribution in [0.2, 0.25) is 0 Å². The molecule has 1 aromatic carbocycles. The van der Waals surface area contributed by atoms with Crippen LogP contribution < -0.4 is 15.6 Å². The molecule has 2 amide bonds. The van der Waals surface area contributed by atoms with Crippen LogP contribution in [-0.2, 0) is 13.0 Å². The highest BCUT2D eigenvalue weighted by molar-refractivity contribution is 5.76. The molecule has 3 aromatic rings. The number of fused-ring (bicyclic) bond motifs is 1. The third-order valence-corrected chi connectivity index (χ3v) is 5.15. The lowest BCUT2D eigenvalue weighted by atomic mass is 10.0. The van der Waals surface area contributed by atoms with Crippen molar-refractivity contribution in [2.24, 2.45) is 0 Å². The molecule has 2 N–H and O–H groups in total. The summed E-state index contributed by atoms with van der Waals surface area (Å²) in [6, 6.07) is 14.3. The Morgan fingerprint density at radius 2 is 2.03 bits per heavy atom. The first-order chi connectivity index (χ1) is 14.2. The van der Waals surface area contributed by atoms with Gasteiger partial charge in [0, 0.05) is 30.1 Å². The zero-order valence-corrected chi connectivity index (χ0v) is 16.1. The van der Waals surface area contributed by atoms with Gasteiger partial charge >= 0.3 is 6.03 Å². The predicted molar refractivity (Wildman–Crippen MR) is 109 cm³/mol. The van der Waals surface area contributed by atoms with Gasteiger partial charge in [-0.3, -0.25) is 9.78 Å². The molecule has 3 heterocycles. The highest BCUT2D eigenvalue weighted by Crippen LogP contribution is 2.29. The van der Waals surface area contributed by atoms with E-state index in [1.54, 1.807) is 24.4 Å². The Morgan fingerprint density at radius 3 is 2.83 bits per heavy atom. The zero-order chi connectivity index (χ0) is 20.2. The van der Waals surface area contributed by atoms with E-state index in [0.29, 0.717) is 30.0 Å². The number of amides is 2. The van der Waals surface area contributed by atoms with Gasteiger partial charge in [0.05, 0.1) is 19.3 Å². The molecule has 7 heteroatoms. The number of carbonyl (C=O) groups excluding carboxylic acids is 1. The van der Waals surface area contributed by atoms with Gasteiger partial charge in [-0.05, 0) is 36.2 Å². The van der Waals surface area contributed by atoms with E-state index in [0.717, 1.165) is 11.1 Å². The number of pyridine rings is 2. The van der Waals surface area contributed by atoms with Crippen LogP contribution in [0.4, 0.5) is 4.79 Å². The molecule has 4 rings (SSSR count). The number of aromatic amines is 1. The van der Waals surface area contributed by atoms with Gasteiger partial charge in [-0.1, -0.05) is 24.3 Å². The van der Waals surface area contributed by atoms with Crippen molar-refractivity contribution in [2.75, 3.05) is 13.7 Å². The van der Waals surface area contributed by atoms with Gasteiger partial charge in [0.1, 0.15) is 11.8 Å². The Morgan fingerprint density at radius 1 is 1.21 bits per heavy atom. The first-order valence-electron chi connectivity index (χ1n) is 9.46. The molecular weight excluding hydrogens is 368 g/mol. The molecule has 0 bridgehead atoms. The molecule has 0 saturated carbocycles. The Kier molecular flexibility index (Phi) is 5.29. The monoisotopic (exact) mass is 390 g/mol. The van der Waals surface area contributed by atoms with Gasteiger partial charge in [-0.2, -0.15) is 0 Å². The minimum absolute atomic E-state index is 0.147. The number of urea groups is 1. The van der Waals surface area contributed by atoms with Crippen LogP contribution in [0.3, 0.4) is 0 Å². The molecule has 1 atom stereocenters. The molecule has 2 aromatic heterocycles. The summed E-state index contributed by atoms with van der Waals surface area (Å²) in [7, 11) is 1.60. The fourth-order valence-corrected chi connectivity index (χ4v) is 3.64. The number of rotatable bonds is 4. The Hall–Kier alpha value is -3.61. The van der Waals surface area contributed by atoms with E-state index < -0.39 is 6.04 Å². The average Bonchev–Trinajstić information content (AvgIpc) is 2.78. The van der Waals surface area contributed by atoms with E-state index in [4.69, 9.17) is 4.74 Å². The summed E-state index contributed by atoms with van der Waals surface area (Å²) >= 11 is 0. The van der Waals surface area contributed by atoms with Crippen LogP contribution in [0.25, 0.3) is 0 Å². The van der Waals surface area contributed by atoms with E-state index in [1.807, 2.05) is 48.5 Å². The summed E-state index contributed by atoms with van der Waals surface area (Å²) < 4.78 is 5.50. The number of carbonyl (C=O) groups is 1. The molecule has 0 spiro atoms. The number of benzene rings is 1. The number of nitrogens with one attached hydrogen (secondary N) is 2. The van der Waals surface area contributed by atoms with Crippen molar-refractivity contribution in [3.8, 4) is 5.75 Å². The number of H-pyrrole nitrogens is 1. The number of nitrogens with zero attached hydrogens (tertiary/aromatic N) is 2. The van der Waals surface area contributed by atoms with Crippen molar-refractivity contribution < 1.29 is 9.53 Å². The summed E-state index contributed by atoms with van der Waals surface area (Å²) in [5.74, 6) is 0.670. The average molecular weight is 390 g/mol. The normalized spacial score (nSPS) is 14.0. The number of hydrogen-bond acceptors (Lipinski definition) is 4. The maximum atomic E-state index is 13.1. The second-order valence-electron chi connectivity index (χ2n) is 6.86. The smallest absolute Gasteiger partial charge is 0.318 e. The zero-order valence-electron chi connectivity index (χ0n) is 16.1. The van der Waals surface area contributed by atoms with Gasteiger partial charge in [0.2, 0.25) is 0 Å². The van der Waals surface area contributed by atoms with Crippen LogP contribution in [0.5, 0.6) is 5.75 Å². The highest BCUT2D eigenvalue weighted by atomic mass is 16.5. The van der Waals surface area contributed by atoms with E-state index in [2.05, 4.69) is 15.3 Å². The number of para-hydroxylation sites is 1. The van der Waals surface area contributed by atoms with E-state index in [1.165, 1.54) is 0 Å². The van der Waals surface area contributed by atoms with Crippen LogP contribution in [0.1, 0.15) is 28.4 Å². The molecule has 1 aliphatic heterocycles. The third-order valence-electron chi connectivity index (χ3n) is 5.15. The lowest BCUT2D eigenvalue weighted by molar-refractivity contribution is 0.189. The van der Waals surface area contributed by atoms with Crippen molar-refractivity contribution in [2.45, 2.75) is 19.0 Å². The molecular formula is C22H22N4O3. The summed E-state index contributed by atoms with van der Waals surface area (Å²) in [4.78, 5) is 34.0. The van der Waals surface area contributed by atoms with Crippen LogP contribution in [-0.4, -0.2) is 34.6 Å². The first kappa shape index (κ1) is 18.7. The second-order valence-corrected chi connectivity index (χ2v) is 6.86. The minimum Gasteiger partial charge on any atom is -0.496 e. The quantitative estimate of drug-likeness (QED) is 0.717. The van der Waals surface area contributed by atoms with Gasteiger partial charge in [-0.25, -0.2) is 4.79 Å². The molecule has 7 nitrogen and oxygen atoms in total. The minimum atomic E-state index is -0.477. The summed E-state index contributed by atoms with van der Waals surface area (Å²) in [6.07, 6.45) is 3.99.